The summed E-state index contributed by atoms with van der Waals surface area (Å²) >= 11 is 0. The Labute approximate surface area is 147 Å². The Hall–Kier alpha value is -1.60. The molecular weight excluding hydrogens is 332 g/mol. The van der Waals surface area contributed by atoms with Crippen LogP contribution >= 0.6 is 12.4 Å². The summed E-state index contributed by atoms with van der Waals surface area (Å²) in [4.78, 5) is 28.5. The quantitative estimate of drug-likeness (QED) is 0.876. The van der Waals surface area contributed by atoms with Crippen molar-refractivity contribution in [3.63, 3.8) is 0 Å². The van der Waals surface area contributed by atoms with Crippen molar-refractivity contribution in [1.29, 1.82) is 0 Å². The molecule has 3 fully saturated rings. The molecular formula is C16H23ClN4O3. The topological polar surface area (TPSA) is 78.7 Å². The summed E-state index contributed by atoms with van der Waals surface area (Å²) < 4.78 is 5.29. The van der Waals surface area contributed by atoms with E-state index in [0.717, 1.165) is 51.1 Å². The van der Waals surface area contributed by atoms with E-state index in [4.69, 9.17) is 4.52 Å². The predicted octanol–water partition coefficient (Wildman–Crippen LogP) is 1.01. The van der Waals surface area contributed by atoms with E-state index in [1.54, 1.807) is 6.07 Å². The number of piperazine rings is 1. The van der Waals surface area contributed by atoms with Crippen LogP contribution in [0.3, 0.4) is 0 Å². The third-order valence-electron chi connectivity index (χ3n) is 4.98. The number of amides is 2. The van der Waals surface area contributed by atoms with Crippen molar-refractivity contribution in [3.8, 4) is 0 Å². The standard InChI is InChI=1S/C16H22N4O3.ClH/c21-15-9-17-5-7-20(15)12-2-1-6-19(10-12)16(22)13-8-14(23-18-13)11-3-4-11;/h8,11-12,17H,1-7,9-10H2;1H. The minimum absolute atomic E-state index is 0. The fraction of sp³-hybridized carbons (Fsp3) is 0.688. The van der Waals surface area contributed by atoms with Crippen molar-refractivity contribution in [2.75, 3.05) is 32.7 Å². The number of piperidine rings is 1. The van der Waals surface area contributed by atoms with Crippen molar-refractivity contribution >= 4 is 24.2 Å². The van der Waals surface area contributed by atoms with Crippen LogP contribution in [0.2, 0.25) is 0 Å². The van der Waals surface area contributed by atoms with Crippen LogP contribution in [0.1, 0.15) is 47.8 Å². The lowest BCUT2D eigenvalue weighted by Gasteiger charge is -2.40. The summed E-state index contributed by atoms with van der Waals surface area (Å²) in [6.45, 7) is 3.27. The van der Waals surface area contributed by atoms with Gasteiger partial charge in [0, 0.05) is 44.2 Å². The first-order valence-corrected chi connectivity index (χ1v) is 8.48. The second kappa shape index (κ2) is 7.11. The maximum Gasteiger partial charge on any atom is 0.276 e. The third-order valence-corrected chi connectivity index (χ3v) is 4.98. The molecule has 0 aromatic carbocycles. The van der Waals surface area contributed by atoms with Crippen molar-refractivity contribution in [2.24, 2.45) is 0 Å². The van der Waals surface area contributed by atoms with Gasteiger partial charge in [0.15, 0.2) is 5.69 Å². The molecule has 7 nitrogen and oxygen atoms in total. The number of rotatable bonds is 3. The van der Waals surface area contributed by atoms with Crippen LogP contribution in [0, 0.1) is 0 Å². The second-order valence-electron chi connectivity index (χ2n) is 6.70. The van der Waals surface area contributed by atoms with Gasteiger partial charge in [-0.1, -0.05) is 5.16 Å². The van der Waals surface area contributed by atoms with E-state index >= 15 is 0 Å². The fourth-order valence-corrected chi connectivity index (χ4v) is 3.51. The van der Waals surface area contributed by atoms with Gasteiger partial charge < -0.3 is 19.6 Å². The third kappa shape index (κ3) is 3.42. The first-order chi connectivity index (χ1) is 11.2. The van der Waals surface area contributed by atoms with E-state index < -0.39 is 0 Å². The van der Waals surface area contributed by atoms with E-state index in [-0.39, 0.29) is 30.3 Å². The van der Waals surface area contributed by atoms with Crippen LogP contribution in [0.4, 0.5) is 0 Å². The van der Waals surface area contributed by atoms with Gasteiger partial charge in [0.05, 0.1) is 6.54 Å². The number of hydrogen-bond donors (Lipinski definition) is 1. The molecule has 1 aliphatic carbocycles. The number of likely N-dealkylation sites (tertiary alicyclic amines) is 1. The van der Waals surface area contributed by atoms with Crippen molar-refractivity contribution in [3.05, 3.63) is 17.5 Å². The zero-order valence-corrected chi connectivity index (χ0v) is 14.4. The van der Waals surface area contributed by atoms with E-state index in [0.29, 0.717) is 24.7 Å². The van der Waals surface area contributed by atoms with Gasteiger partial charge in [-0.25, -0.2) is 0 Å². The van der Waals surface area contributed by atoms with Crippen LogP contribution in [0.15, 0.2) is 10.6 Å². The smallest absolute Gasteiger partial charge is 0.276 e. The van der Waals surface area contributed by atoms with Crippen LogP contribution in [-0.4, -0.2) is 65.5 Å². The highest BCUT2D eigenvalue weighted by Gasteiger charge is 2.34. The Balaban J connectivity index is 0.00000169. The number of halogens is 1. The number of nitrogens with zero attached hydrogens (tertiary/aromatic N) is 3. The zero-order chi connectivity index (χ0) is 15.8. The molecule has 3 aliphatic rings. The Morgan fingerprint density at radius 2 is 2.12 bits per heavy atom. The highest BCUT2D eigenvalue weighted by Crippen LogP contribution is 2.40. The van der Waals surface area contributed by atoms with Crippen LogP contribution in [0.5, 0.6) is 0 Å². The summed E-state index contributed by atoms with van der Waals surface area (Å²) in [5.41, 5.74) is 0.402. The number of nitrogens with one attached hydrogen (secondary N) is 1. The van der Waals surface area contributed by atoms with Crippen molar-refractivity contribution < 1.29 is 14.1 Å². The van der Waals surface area contributed by atoms with E-state index in [9.17, 15) is 9.59 Å². The largest absolute Gasteiger partial charge is 0.360 e. The molecule has 1 aromatic rings. The second-order valence-corrected chi connectivity index (χ2v) is 6.70. The lowest BCUT2D eigenvalue weighted by molar-refractivity contribution is -0.135. The molecule has 2 amide bonds. The van der Waals surface area contributed by atoms with Gasteiger partial charge in [-0.2, -0.15) is 0 Å². The molecule has 1 N–H and O–H groups in total. The normalized spacial score (nSPS) is 24.7. The summed E-state index contributed by atoms with van der Waals surface area (Å²) in [7, 11) is 0. The lowest BCUT2D eigenvalue weighted by Crippen LogP contribution is -2.57. The van der Waals surface area contributed by atoms with E-state index in [1.807, 2.05) is 9.80 Å². The monoisotopic (exact) mass is 354 g/mol. The molecule has 1 aromatic heterocycles. The van der Waals surface area contributed by atoms with Crippen molar-refractivity contribution in [1.82, 2.24) is 20.3 Å². The number of hydrogen-bond acceptors (Lipinski definition) is 5. The van der Waals surface area contributed by atoms with Gasteiger partial charge in [-0.3, -0.25) is 9.59 Å². The first kappa shape index (κ1) is 17.2. The summed E-state index contributed by atoms with van der Waals surface area (Å²) in [5.74, 6) is 1.34. The molecule has 24 heavy (non-hydrogen) atoms. The van der Waals surface area contributed by atoms with E-state index in [1.165, 1.54) is 0 Å². The molecule has 1 atom stereocenters. The number of aromatic nitrogens is 1. The summed E-state index contributed by atoms with van der Waals surface area (Å²) in [5, 5.41) is 7.04. The fourth-order valence-electron chi connectivity index (χ4n) is 3.51. The minimum Gasteiger partial charge on any atom is -0.360 e. The van der Waals surface area contributed by atoms with Gasteiger partial charge in [-0.05, 0) is 25.7 Å². The van der Waals surface area contributed by atoms with Gasteiger partial charge in [0.1, 0.15) is 5.76 Å². The molecule has 4 rings (SSSR count). The van der Waals surface area contributed by atoms with Gasteiger partial charge in [0.25, 0.3) is 5.91 Å². The summed E-state index contributed by atoms with van der Waals surface area (Å²) in [6.07, 6.45) is 4.13. The molecule has 1 saturated carbocycles. The minimum atomic E-state index is -0.0760. The highest BCUT2D eigenvalue weighted by molar-refractivity contribution is 5.92. The average Bonchev–Trinajstić information content (AvgIpc) is 3.32. The Bertz CT molecular complexity index is 616. The van der Waals surface area contributed by atoms with Crippen LogP contribution < -0.4 is 5.32 Å². The highest BCUT2D eigenvalue weighted by atomic mass is 35.5. The van der Waals surface area contributed by atoms with E-state index in [2.05, 4.69) is 10.5 Å². The molecule has 2 saturated heterocycles. The molecule has 2 aliphatic heterocycles. The molecule has 3 heterocycles. The van der Waals surface area contributed by atoms with Crippen LogP contribution in [0.25, 0.3) is 0 Å². The van der Waals surface area contributed by atoms with Gasteiger partial charge >= 0.3 is 0 Å². The number of carbonyl (C=O) groups excluding carboxylic acids is 2. The maximum absolute atomic E-state index is 12.7. The van der Waals surface area contributed by atoms with Gasteiger partial charge in [0.2, 0.25) is 5.91 Å². The SMILES string of the molecule is Cl.O=C(c1cc(C2CC2)on1)N1CCCC(N2CCNCC2=O)C1. The zero-order valence-electron chi connectivity index (χ0n) is 13.6. The Morgan fingerprint density at radius 1 is 1.29 bits per heavy atom. The molecule has 0 spiro atoms. The Morgan fingerprint density at radius 3 is 2.88 bits per heavy atom. The Kier molecular flexibility index (Phi) is 5.10. The molecule has 1 unspecified atom stereocenters. The van der Waals surface area contributed by atoms with Gasteiger partial charge in [-0.15, -0.1) is 12.4 Å². The summed E-state index contributed by atoms with van der Waals surface area (Å²) in [6, 6.07) is 1.91. The first-order valence-electron chi connectivity index (χ1n) is 8.48. The van der Waals surface area contributed by atoms with Crippen molar-refractivity contribution in [2.45, 2.75) is 37.6 Å². The maximum atomic E-state index is 12.7. The molecule has 0 bridgehead atoms. The molecule has 8 heteroatoms. The molecule has 132 valence electrons. The predicted molar refractivity (Wildman–Crippen MR) is 89.2 cm³/mol. The lowest BCUT2D eigenvalue weighted by atomic mass is 10.0. The molecule has 0 radical (unpaired) electrons. The van der Waals surface area contributed by atoms with Crippen LogP contribution in [-0.2, 0) is 4.79 Å². The number of carbonyl (C=O) groups is 2. The average molecular weight is 355 g/mol.